The van der Waals surface area contributed by atoms with Crippen LogP contribution in [0.1, 0.15) is 18.9 Å². The molecule has 25 heavy (non-hydrogen) atoms. The van der Waals surface area contributed by atoms with Crippen LogP contribution in [0.25, 0.3) is 0 Å². The molecule has 0 aliphatic rings. The number of anilines is 1. The van der Waals surface area contributed by atoms with Crippen molar-refractivity contribution >= 4 is 29.2 Å². The van der Waals surface area contributed by atoms with Crippen LogP contribution in [0.4, 0.5) is 5.69 Å². The van der Waals surface area contributed by atoms with Gasteiger partial charge in [0.25, 0.3) is 5.91 Å². The van der Waals surface area contributed by atoms with E-state index in [1.807, 2.05) is 32.0 Å². The average Bonchev–Trinajstić information content (AvgIpc) is 2.61. The van der Waals surface area contributed by atoms with E-state index in [9.17, 15) is 9.59 Å². The van der Waals surface area contributed by atoms with Gasteiger partial charge >= 0.3 is 5.97 Å². The molecule has 0 bridgehead atoms. The molecule has 1 N–H and O–H groups in total. The molecule has 1 amide bonds. The Balaban J connectivity index is 1.84. The van der Waals surface area contributed by atoms with E-state index in [1.165, 1.54) is 0 Å². The van der Waals surface area contributed by atoms with Gasteiger partial charge in [0.1, 0.15) is 5.75 Å². The normalized spacial score (nSPS) is 11.5. The SMILES string of the molecule is CC[C@@H](Oc1ccccc1)C(=O)OCC(=O)Nc1ccc(C)c(Cl)c1. The van der Waals surface area contributed by atoms with Gasteiger partial charge in [-0.1, -0.05) is 42.8 Å². The number of hydrogen-bond acceptors (Lipinski definition) is 4. The summed E-state index contributed by atoms with van der Waals surface area (Å²) in [7, 11) is 0. The van der Waals surface area contributed by atoms with Crippen LogP contribution in [0.5, 0.6) is 5.75 Å². The van der Waals surface area contributed by atoms with Crippen molar-refractivity contribution in [1.82, 2.24) is 0 Å². The number of para-hydroxylation sites is 1. The van der Waals surface area contributed by atoms with Crippen molar-refractivity contribution < 1.29 is 19.1 Å². The van der Waals surface area contributed by atoms with E-state index in [1.54, 1.807) is 30.3 Å². The van der Waals surface area contributed by atoms with Gasteiger partial charge in [-0.3, -0.25) is 4.79 Å². The third-order valence-electron chi connectivity index (χ3n) is 3.46. The number of carbonyl (C=O) groups excluding carboxylic acids is 2. The predicted octanol–water partition coefficient (Wildman–Crippen LogP) is 3.99. The first-order chi connectivity index (χ1) is 12.0. The number of benzene rings is 2. The second-order valence-corrected chi connectivity index (χ2v) is 5.85. The summed E-state index contributed by atoms with van der Waals surface area (Å²) in [6, 6.07) is 14.2. The average molecular weight is 362 g/mol. The molecule has 0 aromatic heterocycles. The molecule has 0 aliphatic heterocycles. The van der Waals surface area contributed by atoms with E-state index in [0.29, 0.717) is 22.9 Å². The Labute approximate surface area is 151 Å². The fraction of sp³-hybridized carbons (Fsp3) is 0.263. The third-order valence-corrected chi connectivity index (χ3v) is 3.86. The highest BCUT2D eigenvalue weighted by Gasteiger charge is 2.21. The molecular formula is C19H20ClNO4. The molecule has 0 saturated heterocycles. The Kier molecular flexibility index (Phi) is 6.83. The van der Waals surface area contributed by atoms with Gasteiger partial charge in [0.15, 0.2) is 12.7 Å². The number of hydrogen-bond donors (Lipinski definition) is 1. The Hall–Kier alpha value is -2.53. The Morgan fingerprint density at radius 3 is 2.52 bits per heavy atom. The molecule has 2 aromatic rings. The summed E-state index contributed by atoms with van der Waals surface area (Å²) in [5.74, 6) is -0.448. The molecule has 0 saturated carbocycles. The number of ether oxygens (including phenoxy) is 2. The van der Waals surface area contributed by atoms with E-state index >= 15 is 0 Å². The Bertz CT molecular complexity index is 733. The molecule has 0 unspecified atom stereocenters. The van der Waals surface area contributed by atoms with Crippen molar-refractivity contribution in [3.8, 4) is 5.75 Å². The van der Waals surface area contributed by atoms with Crippen molar-refractivity contribution in [2.24, 2.45) is 0 Å². The van der Waals surface area contributed by atoms with Gasteiger partial charge in [0.05, 0.1) is 0 Å². The lowest BCUT2D eigenvalue weighted by atomic mass is 10.2. The van der Waals surface area contributed by atoms with Crippen molar-refractivity contribution in [1.29, 1.82) is 0 Å². The molecule has 5 nitrogen and oxygen atoms in total. The van der Waals surface area contributed by atoms with Crippen molar-refractivity contribution in [3.63, 3.8) is 0 Å². The number of esters is 1. The summed E-state index contributed by atoms with van der Waals surface area (Å²) in [4.78, 5) is 24.0. The first-order valence-corrected chi connectivity index (χ1v) is 8.31. The summed E-state index contributed by atoms with van der Waals surface area (Å²) < 4.78 is 10.6. The molecule has 0 heterocycles. The second kappa shape index (κ2) is 9.08. The fourth-order valence-electron chi connectivity index (χ4n) is 2.06. The van der Waals surface area contributed by atoms with E-state index in [-0.39, 0.29) is 6.61 Å². The topological polar surface area (TPSA) is 64.6 Å². The lowest BCUT2D eigenvalue weighted by Gasteiger charge is -2.16. The van der Waals surface area contributed by atoms with Crippen molar-refractivity contribution in [2.75, 3.05) is 11.9 Å². The summed E-state index contributed by atoms with van der Waals surface area (Å²) in [6.45, 7) is 3.29. The summed E-state index contributed by atoms with van der Waals surface area (Å²) in [5.41, 5.74) is 1.46. The number of amides is 1. The van der Waals surface area contributed by atoms with Gasteiger partial charge in [-0.25, -0.2) is 4.79 Å². The smallest absolute Gasteiger partial charge is 0.347 e. The second-order valence-electron chi connectivity index (χ2n) is 5.45. The van der Waals surface area contributed by atoms with Crippen LogP contribution >= 0.6 is 11.6 Å². The van der Waals surface area contributed by atoms with Crippen LogP contribution in [0.15, 0.2) is 48.5 Å². The van der Waals surface area contributed by atoms with Gasteiger partial charge in [0, 0.05) is 10.7 Å². The minimum atomic E-state index is -0.760. The predicted molar refractivity (Wildman–Crippen MR) is 96.9 cm³/mol. The number of halogens is 1. The number of rotatable bonds is 7. The maximum Gasteiger partial charge on any atom is 0.347 e. The van der Waals surface area contributed by atoms with Crippen LogP contribution in [-0.2, 0) is 14.3 Å². The molecule has 6 heteroatoms. The number of aryl methyl sites for hydroxylation is 1. The summed E-state index contributed by atoms with van der Waals surface area (Å²) in [6.07, 6.45) is -0.327. The summed E-state index contributed by atoms with van der Waals surface area (Å²) in [5, 5.41) is 3.18. The first-order valence-electron chi connectivity index (χ1n) is 7.94. The van der Waals surface area contributed by atoms with Gasteiger partial charge in [-0.2, -0.15) is 0 Å². The van der Waals surface area contributed by atoms with E-state index in [2.05, 4.69) is 5.32 Å². The highest BCUT2D eigenvalue weighted by atomic mass is 35.5. The van der Waals surface area contributed by atoms with Crippen LogP contribution < -0.4 is 10.1 Å². The van der Waals surface area contributed by atoms with Gasteiger partial charge in [-0.05, 0) is 43.2 Å². The lowest BCUT2D eigenvalue weighted by molar-refractivity contribution is -0.154. The lowest BCUT2D eigenvalue weighted by Crippen LogP contribution is -2.31. The molecule has 0 spiro atoms. The first kappa shape index (κ1) is 18.8. The zero-order valence-corrected chi connectivity index (χ0v) is 14.9. The van der Waals surface area contributed by atoms with Gasteiger partial charge < -0.3 is 14.8 Å². The minimum Gasteiger partial charge on any atom is -0.479 e. The quantitative estimate of drug-likeness (QED) is 0.757. The number of carbonyl (C=O) groups is 2. The minimum absolute atomic E-state index is 0.390. The molecule has 1 atom stereocenters. The molecule has 132 valence electrons. The molecule has 0 fully saturated rings. The van der Waals surface area contributed by atoms with E-state index in [4.69, 9.17) is 21.1 Å². The van der Waals surface area contributed by atoms with E-state index < -0.39 is 18.0 Å². The zero-order valence-electron chi connectivity index (χ0n) is 14.1. The van der Waals surface area contributed by atoms with Crippen LogP contribution in [0, 0.1) is 6.92 Å². The standard InChI is InChI=1S/C19H20ClNO4/c1-3-17(25-15-7-5-4-6-8-15)19(23)24-12-18(22)21-14-10-9-13(2)16(20)11-14/h4-11,17H,3,12H2,1-2H3,(H,21,22)/t17-/m1/s1. The maximum atomic E-state index is 12.1. The third kappa shape index (κ3) is 5.80. The van der Waals surface area contributed by atoms with Crippen molar-refractivity contribution in [2.45, 2.75) is 26.4 Å². The van der Waals surface area contributed by atoms with Crippen LogP contribution in [-0.4, -0.2) is 24.6 Å². The molecule has 2 rings (SSSR count). The fourth-order valence-corrected chi connectivity index (χ4v) is 2.24. The Morgan fingerprint density at radius 1 is 1.16 bits per heavy atom. The highest BCUT2D eigenvalue weighted by molar-refractivity contribution is 6.31. The van der Waals surface area contributed by atoms with Gasteiger partial charge in [0.2, 0.25) is 0 Å². The number of nitrogens with one attached hydrogen (secondary N) is 1. The van der Waals surface area contributed by atoms with E-state index in [0.717, 1.165) is 5.56 Å². The van der Waals surface area contributed by atoms with Crippen LogP contribution in [0.3, 0.4) is 0 Å². The zero-order chi connectivity index (χ0) is 18.2. The molecular weight excluding hydrogens is 342 g/mol. The molecule has 0 aliphatic carbocycles. The molecule has 0 radical (unpaired) electrons. The molecule has 2 aromatic carbocycles. The largest absolute Gasteiger partial charge is 0.479 e. The van der Waals surface area contributed by atoms with Crippen LogP contribution in [0.2, 0.25) is 5.02 Å². The summed E-state index contributed by atoms with van der Waals surface area (Å²) >= 11 is 6.01. The Morgan fingerprint density at radius 2 is 1.88 bits per heavy atom. The maximum absolute atomic E-state index is 12.1. The van der Waals surface area contributed by atoms with Crippen molar-refractivity contribution in [3.05, 3.63) is 59.1 Å². The monoisotopic (exact) mass is 361 g/mol. The highest BCUT2D eigenvalue weighted by Crippen LogP contribution is 2.20. The van der Waals surface area contributed by atoms with Gasteiger partial charge in [-0.15, -0.1) is 0 Å².